The molecule has 2 aliphatic heterocycles. The predicted molar refractivity (Wildman–Crippen MR) is 84.6 cm³/mol. The van der Waals surface area contributed by atoms with E-state index < -0.39 is 29.9 Å². The quantitative estimate of drug-likeness (QED) is 0.403. The number of rotatable bonds is 4. The van der Waals surface area contributed by atoms with Gasteiger partial charge in [0.05, 0.1) is 18.3 Å². The molecular weight excluding hydrogens is 371 g/mol. The molecule has 7 nitrogen and oxygen atoms in total. The zero-order chi connectivity index (χ0) is 17.4. The largest absolute Gasteiger partial charge is 1.00 e. The van der Waals surface area contributed by atoms with Gasteiger partial charge < -0.3 is 20.3 Å². The van der Waals surface area contributed by atoms with Crippen molar-refractivity contribution in [3.8, 4) is 0 Å². The van der Waals surface area contributed by atoms with Crippen LogP contribution in [0.1, 0.15) is 15.9 Å². The summed E-state index contributed by atoms with van der Waals surface area (Å²) in [5.74, 6) is -2.13. The Hall–Kier alpha value is -0.684. The van der Waals surface area contributed by atoms with Crippen LogP contribution >= 0.6 is 11.8 Å². The van der Waals surface area contributed by atoms with E-state index in [4.69, 9.17) is 0 Å². The van der Waals surface area contributed by atoms with Crippen molar-refractivity contribution in [2.75, 3.05) is 12.4 Å². The summed E-state index contributed by atoms with van der Waals surface area (Å²) in [6.45, 7) is 1.45. The van der Waals surface area contributed by atoms with E-state index in [0.29, 0.717) is 5.56 Å². The number of carbonyl (C=O) groups is 3. The van der Waals surface area contributed by atoms with Crippen LogP contribution in [-0.4, -0.2) is 51.6 Å². The summed E-state index contributed by atoms with van der Waals surface area (Å²) in [4.78, 5) is 36.9. The van der Waals surface area contributed by atoms with Crippen molar-refractivity contribution in [1.29, 1.82) is 0 Å². The predicted octanol–water partition coefficient (Wildman–Crippen LogP) is -3.99. The fraction of sp³-hybridized carbons (Fsp3) is 0.312. The van der Waals surface area contributed by atoms with Gasteiger partial charge in [-0.05, 0) is 24.6 Å². The molecule has 0 saturated carbocycles. The number of fused-ring (bicyclic) bond motifs is 1. The first-order valence-electron chi connectivity index (χ1n) is 7.30. The van der Waals surface area contributed by atoms with Gasteiger partial charge in [-0.3, -0.25) is 14.5 Å². The average molecular weight is 386 g/mol. The average Bonchev–Trinajstić information content (AvgIpc) is 2.58. The third-order valence-electron chi connectivity index (χ3n) is 4.03. The van der Waals surface area contributed by atoms with E-state index in [9.17, 15) is 24.6 Å². The number of hydrogen-bond donors (Lipinski definition) is 2. The van der Waals surface area contributed by atoms with Gasteiger partial charge in [0.1, 0.15) is 11.4 Å². The molecule has 2 heterocycles. The van der Waals surface area contributed by atoms with Crippen molar-refractivity contribution in [2.24, 2.45) is 0 Å². The van der Waals surface area contributed by atoms with Crippen LogP contribution in [0, 0.1) is 6.92 Å². The molecule has 1 aromatic carbocycles. The van der Waals surface area contributed by atoms with Crippen molar-refractivity contribution in [3.05, 3.63) is 46.7 Å². The minimum atomic E-state index is -1.50. The summed E-state index contributed by atoms with van der Waals surface area (Å²) in [6, 6.07) is 6.12. The number of aliphatic hydroxyl groups is 1. The van der Waals surface area contributed by atoms with Gasteiger partial charge in [-0.25, -0.2) is 0 Å². The maximum atomic E-state index is 12.3. The Balaban J connectivity index is 0.00000225. The zero-order valence-corrected chi connectivity index (χ0v) is 17.8. The number of nitrogens with zero attached hydrogens (tertiary/aromatic N) is 1. The summed E-state index contributed by atoms with van der Waals surface area (Å²) in [5, 5.41) is 22.6. The Labute approximate surface area is 191 Å². The van der Waals surface area contributed by atoms with Gasteiger partial charge in [0, 0.05) is 11.3 Å². The van der Waals surface area contributed by atoms with Gasteiger partial charge in [-0.1, -0.05) is 17.7 Å². The molecule has 126 valence electrons. The fourth-order valence-electron chi connectivity index (χ4n) is 2.72. The van der Waals surface area contributed by atoms with E-state index in [1.165, 1.54) is 11.8 Å². The molecule has 2 atom stereocenters. The second-order valence-corrected chi connectivity index (χ2v) is 6.73. The number of carboxylic acid groups (broad SMARTS) is 1. The van der Waals surface area contributed by atoms with Crippen LogP contribution in [0.5, 0.6) is 0 Å². The van der Waals surface area contributed by atoms with Gasteiger partial charge in [-0.2, -0.15) is 0 Å². The topological polar surface area (TPSA) is 110 Å². The Bertz CT molecular complexity index is 749. The fourth-order valence-corrected chi connectivity index (χ4v) is 4.06. The van der Waals surface area contributed by atoms with Crippen LogP contribution in [0.15, 0.2) is 35.5 Å². The molecule has 1 aromatic rings. The van der Waals surface area contributed by atoms with Crippen molar-refractivity contribution >= 4 is 29.5 Å². The summed E-state index contributed by atoms with van der Waals surface area (Å²) < 4.78 is 0. The second kappa shape index (κ2) is 8.34. The molecule has 9 heteroatoms. The molecule has 25 heavy (non-hydrogen) atoms. The van der Waals surface area contributed by atoms with Gasteiger partial charge in [0.25, 0.3) is 11.8 Å². The SMILES string of the molecule is Cc1ccc(C(=O)N[C@H]2C(=O)N3C(C(=O)[O-])=C(CO)CS[C@@H]23)cc1.[K+]. The molecule has 3 rings (SSSR count). The van der Waals surface area contributed by atoms with Crippen LogP contribution in [0.25, 0.3) is 0 Å². The number of thioether (sulfide) groups is 1. The van der Waals surface area contributed by atoms with Crippen molar-refractivity contribution in [3.63, 3.8) is 0 Å². The zero-order valence-electron chi connectivity index (χ0n) is 13.8. The van der Waals surface area contributed by atoms with E-state index in [-0.39, 0.29) is 74.3 Å². The Morgan fingerprint density at radius 2 is 2.00 bits per heavy atom. The van der Waals surface area contributed by atoms with Crippen LogP contribution < -0.4 is 61.8 Å². The Morgan fingerprint density at radius 1 is 1.36 bits per heavy atom. The third kappa shape index (κ3) is 3.87. The monoisotopic (exact) mass is 386 g/mol. The number of β-lactam (4-membered cyclic amide) rings is 1. The Kier molecular flexibility index (Phi) is 6.88. The molecule has 0 unspecified atom stereocenters. The first kappa shape index (κ1) is 20.6. The maximum absolute atomic E-state index is 12.3. The first-order valence-corrected chi connectivity index (χ1v) is 8.35. The van der Waals surface area contributed by atoms with Crippen molar-refractivity contribution in [2.45, 2.75) is 18.3 Å². The van der Waals surface area contributed by atoms with E-state index in [1.54, 1.807) is 24.3 Å². The van der Waals surface area contributed by atoms with Gasteiger partial charge >= 0.3 is 51.4 Å². The number of carboxylic acids is 1. The molecule has 2 amide bonds. The number of aryl methyl sites for hydroxylation is 1. The maximum Gasteiger partial charge on any atom is 1.00 e. The van der Waals surface area contributed by atoms with E-state index >= 15 is 0 Å². The van der Waals surface area contributed by atoms with Gasteiger partial charge in [-0.15, -0.1) is 11.8 Å². The Morgan fingerprint density at radius 3 is 2.56 bits per heavy atom. The summed E-state index contributed by atoms with van der Waals surface area (Å²) >= 11 is 1.30. The standard InChI is InChI=1S/C16H16N2O5S.K/c1-8-2-4-9(5-3-8)13(20)17-11-14(21)18-12(16(22)23)10(6-19)7-24-15(11)18;/h2-5,11,15,19H,6-7H2,1H3,(H,17,20)(H,22,23);/q;+1/p-1/t11-,15-;/m0./s1. The van der Waals surface area contributed by atoms with Crippen LogP contribution in [-0.2, 0) is 9.59 Å². The number of hydrogen-bond acceptors (Lipinski definition) is 6. The third-order valence-corrected chi connectivity index (χ3v) is 5.37. The van der Waals surface area contributed by atoms with Crippen LogP contribution in [0.4, 0.5) is 0 Å². The van der Waals surface area contributed by atoms with Crippen LogP contribution in [0.3, 0.4) is 0 Å². The summed E-state index contributed by atoms with van der Waals surface area (Å²) in [7, 11) is 0. The minimum Gasteiger partial charge on any atom is -0.543 e. The molecule has 2 aliphatic rings. The number of amides is 2. The molecule has 1 saturated heterocycles. The minimum absolute atomic E-state index is 0. The van der Waals surface area contributed by atoms with Crippen molar-refractivity contribution in [1.82, 2.24) is 10.2 Å². The number of aliphatic carboxylic acids is 1. The smallest absolute Gasteiger partial charge is 0.543 e. The molecule has 0 aliphatic carbocycles. The number of nitrogens with one attached hydrogen (secondary N) is 1. The molecule has 2 N–H and O–H groups in total. The number of aliphatic hydroxyl groups excluding tert-OH is 1. The number of carbonyl (C=O) groups excluding carboxylic acids is 3. The second-order valence-electron chi connectivity index (χ2n) is 5.62. The van der Waals surface area contributed by atoms with E-state index in [2.05, 4.69) is 5.32 Å². The van der Waals surface area contributed by atoms with Crippen molar-refractivity contribution < 1.29 is 76.0 Å². The first-order chi connectivity index (χ1) is 11.4. The molecule has 0 radical (unpaired) electrons. The number of benzene rings is 1. The van der Waals surface area contributed by atoms with Gasteiger partial charge in [0.2, 0.25) is 0 Å². The van der Waals surface area contributed by atoms with E-state index in [0.717, 1.165) is 10.5 Å². The molecule has 0 bridgehead atoms. The van der Waals surface area contributed by atoms with Crippen LogP contribution in [0.2, 0.25) is 0 Å². The summed E-state index contributed by atoms with van der Waals surface area (Å²) in [5.41, 5.74) is 1.40. The normalized spacial score (nSPS) is 21.8. The summed E-state index contributed by atoms with van der Waals surface area (Å²) in [6.07, 6.45) is 0. The van der Waals surface area contributed by atoms with Gasteiger partial charge in [0.15, 0.2) is 0 Å². The van der Waals surface area contributed by atoms with E-state index in [1.807, 2.05) is 6.92 Å². The molecule has 1 fully saturated rings. The molecule has 0 spiro atoms. The molecule has 0 aromatic heterocycles. The molecular formula is C16H15KN2O5S.